The fourth-order valence-corrected chi connectivity index (χ4v) is 4.13. The molecule has 0 bridgehead atoms. The van der Waals surface area contributed by atoms with Crippen LogP contribution in [0.5, 0.6) is 0 Å². The summed E-state index contributed by atoms with van der Waals surface area (Å²) in [5.41, 5.74) is 2.32. The monoisotopic (exact) mass is 342 g/mol. The van der Waals surface area contributed by atoms with Gasteiger partial charge in [-0.15, -0.1) is 11.3 Å². The van der Waals surface area contributed by atoms with Gasteiger partial charge < -0.3 is 4.52 Å². The SMILES string of the molecule is Cn1cc(CN2CCCCC[C@@H]2c2cc(-c3cccs3)on2)cn1. The summed E-state index contributed by atoms with van der Waals surface area (Å²) in [7, 11) is 1.97. The molecule has 1 aliphatic heterocycles. The molecule has 0 saturated carbocycles. The van der Waals surface area contributed by atoms with Crippen molar-refractivity contribution in [3.05, 3.63) is 47.2 Å². The third kappa shape index (κ3) is 3.30. The van der Waals surface area contributed by atoms with E-state index in [2.05, 4.69) is 38.9 Å². The Morgan fingerprint density at radius 1 is 1.33 bits per heavy atom. The molecule has 3 aromatic heterocycles. The quantitative estimate of drug-likeness (QED) is 0.711. The summed E-state index contributed by atoms with van der Waals surface area (Å²) in [4.78, 5) is 3.67. The number of aromatic nitrogens is 3. The van der Waals surface area contributed by atoms with Gasteiger partial charge in [0.25, 0.3) is 0 Å². The smallest absolute Gasteiger partial charge is 0.177 e. The van der Waals surface area contributed by atoms with Crippen LogP contribution in [0, 0.1) is 0 Å². The van der Waals surface area contributed by atoms with Crippen molar-refractivity contribution in [2.24, 2.45) is 7.05 Å². The zero-order valence-corrected chi connectivity index (χ0v) is 14.7. The van der Waals surface area contributed by atoms with Crippen molar-refractivity contribution >= 4 is 11.3 Å². The van der Waals surface area contributed by atoms with E-state index in [1.807, 2.05) is 24.0 Å². The van der Waals surface area contributed by atoms with Gasteiger partial charge in [0.2, 0.25) is 0 Å². The maximum atomic E-state index is 5.62. The molecule has 24 heavy (non-hydrogen) atoms. The number of hydrogen-bond acceptors (Lipinski definition) is 5. The van der Waals surface area contributed by atoms with Crippen LogP contribution in [0.3, 0.4) is 0 Å². The number of thiophene rings is 1. The predicted octanol–water partition coefficient (Wildman–Crippen LogP) is 4.25. The van der Waals surface area contributed by atoms with E-state index < -0.39 is 0 Å². The highest BCUT2D eigenvalue weighted by atomic mass is 32.1. The minimum atomic E-state index is 0.324. The van der Waals surface area contributed by atoms with Crippen molar-refractivity contribution in [1.82, 2.24) is 19.8 Å². The topological polar surface area (TPSA) is 47.1 Å². The van der Waals surface area contributed by atoms with Crippen molar-refractivity contribution < 1.29 is 4.52 Å². The molecular formula is C18H22N4OS. The van der Waals surface area contributed by atoms with E-state index in [0.717, 1.165) is 35.8 Å². The van der Waals surface area contributed by atoms with Gasteiger partial charge in [0.1, 0.15) is 5.69 Å². The molecule has 1 aliphatic rings. The van der Waals surface area contributed by atoms with Crippen LogP contribution >= 0.6 is 11.3 Å². The summed E-state index contributed by atoms with van der Waals surface area (Å²) < 4.78 is 7.49. The molecule has 3 aromatic rings. The van der Waals surface area contributed by atoms with E-state index >= 15 is 0 Å². The highest BCUT2D eigenvalue weighted by Gasteiger charge is 2.26. The highest BCUT2D eigenvalue weighted by Crippen LogP contribution is 2.34. The van der Waals surface area contributed by atoms with Crippen molar-refractivity contribution in [2.45, 2.75) is 38.3 Å². The Morgan fingerprint density at radius 3 is 3.08 bits per heavy atom. The third-order valence-electron chi connectivity index (χ3n) is 4.64. The first-order chi connectivity index (χ1) is 11.8. The van der Waals surface area contributed by atoms with Gasteiger partial charge in [-0.25, -0.2) is 0 Å². The molecule has 1 saturated heterocycles. The lowest BCUT2D eigenvalue weighted by atomic mass is 10.1. The lowest BCUT2D eigenvalue weighted by Crippen LogP contribution is -2.28. The molecule has 0 aliphatic carbocycles. The van der Waals surface area contributed by atoms with Crippen LogP contribution in [0.2, 0.25) is 0 Å². The van der Waals surface area contributed by atoms with Crippen molar-refractivity contribution in [3.8, 4) is 10.6 Å². The average molecular weight is 342 g/mol. The Hall–Kier alpha value is -1.92. The molecule has 126 valence electrons. The third-order valence-corrected chi connectivity index (χ3v) is 5.53. The molecule has 4 heterocycles. The second-order valence-electron chi connectivity index (χ2n) is 6.45. The molecule has 0 radical (unpaired) electrons. The zero-order chi connectivity index (χ0) is 16.4. The van der Waals surface area contributed by atoms with Gasteiger partial charge in [0.05, 0.1) is 17.1 Å². The summed E-state index contributed by atoms with van der Waals surface area (Å²) in [6.07, 6.45) is 8.97. The van der Waals surface area contributed by atoms with E-state index in [4.69, 9.17) is 4.52 Å². The molecule has 1 atom stereocenters. The zero-order valence-electron chi connectivity index (χ0n) is 13.9. The summed E-state index contributed by atoms with van der Waals surface area (Å²) in [5, 5.41) is 10.8. The summed E-state index contributed by atoms with van der Waals surface area (Å²) in [5.74, 6) is 0.880. The number of nitrogens with zero attached hydrogens (tertiary/aromatic N) is 4. The fourth-order valence-electron chi connectivity index (χ4n) is 3.46. The minimum absolute atomic E-state index is 0.324. The molecule has 0 unspecified atom stereocenters. The Morgan fingerprint density at radius 2 is 2.29 bits per heavy atom. The van der Waals surface area contributed by atoms with E-state index in [1.165, 1.54) is 24.8 Å². The molecule has 0 aromatic carbocycles. The van der Waals surface area contributed by atoms with Crippen molar-refractivity contribution in [1.29, 1.82) is 0 Å². The first-order valence-corrected chi connectivity index (χ1v) is 9.39. The molecule has 0 N–H and O–H groups in total. The molecule has 4 rings (SSSR count). The van der Waals surface area contributed by atoms with Crippen LogP contribution in [0.25, 0.3) is 10.6 Å². The first-order valence-electron chi connectivity index (χ1n) is 8.51. The normalized spacial score (nSPS) is 19.5. The summed E-state index contributed by atoms with van der Waals surface area (Å²) >= 11 is 1.69. The minimum Gasteiger partial charge on any atom is -0.355 e. The van der Waals surface area contributed by atoms with E-state index in [0.29, 0.717) is 6.04 Å². The number of likely N-dealkylation sites (tertiary alicyclic amines) is 1. The Labute approximate surface area is 145 Å². The van der Waals surface area contributed by atoms with Gasteiger partial charge in [-0.05, 0) is 30.8 Å². The molecular weight excluding hydrogens is 320 g/mol. The highest BCUT2D eigenvalue weighted by molar-refractivity contribution is 7.13. The van der Waals surface area contributed by atoms with E-state index in [-0.39, 0.29) is 0 Å². The second-order valence-corrected chi connectivity index (χ2v) is 7.40. The van der Waals surface area contributed by atoms with Crippen LogP contribution in [0.15, 0.2) is 40.5 Å². The van der Waals surface area contributed by atoms with Gasteiger partial charge in [0.15, 0.2) is 5.76 Å². The first kappa shape index (κ1) is 15.6. The maximum absolute atomic E-state index is 5.62. The van der Waals surface area contributed by atoms with Crippen LogP contribution in [-0.4, -0.2) is 26.4 Å². The fraction of sp³-hybridized carbons (Fsp3) is 0.444. The van der Waals surface area contributed by atoms with Gasteiger partial charge in [0, 0.05) is 31.4 Å². The second kappa shape index (κ2) is 6.91. The van der Waals surface area contributed by atoms with Crippen molar-refractivity contribution in [2.75, 3.05) is 6.54 Å². The predicted molar refractivity (Wildman–Crippen MR) is 94.6 cm³/mol. The van der Waals surface area contributed by atoms with E-state index in [1.54, 1.807) is 11.3 Å². The summed E-state index contributed by atoms with van der Waals surface area (Å²) in [6, 6.07) is 6.57. The van der Waals surface area contributed by atoms with E-state index in [9.17, 15) is 0 Å². The Kier molecular flexibility index (Phi) is 4.49. The molecule has 0 spiro atoms. The van der Waals surface area contributed by atoms with Crippen molar-refractivity contribution in [3.63, 3.8) is 0 Å². The lowest BCUT2D eigenvalue weighted by Gasteiger charge is -2.27. The molecule has 5 nitrogen and oxygen atoms in total. The average Bonchev–Trinajstić information content (AvgIpc) is 3.29. The number of aryl methyl sites for hydroxylation is 1. The lowest BCUT2D eigenvalue weighted by molar-refractivity contribution is 0.184. The van der Waals surface area contributed by atoms with Gasteiger partial charge in [-0.1, -0.05) is 24.1 Å². The standard InChI is InChI=1S/C18H22N4OS/c1-21-12-14(11-19-21)13-22-8-4-2-3-6-16(22)15-10-17(23-20-15)18-7-5-9-24-18/h5,7,9-12,16H,2-4,6,8,13H2,1H3/t16-/m1/s1. The van der Waals surface area contributed by atoms with Crippen LogP contribution in [0.1, 0.15) is 43.0 Å². The maximum Gasteiger partial charge on any atom is 0.177 e. The Balaban J connectivity index is 1.57. The molecule has 0 amide bonds. The van der Waals surface area contributed by atoms with Crippen LogP contribution < -0.4 is 0 Å². The van der Waals surface area contributed by atoms with Gasteiger partial charge in [-0.3, -0.25) is 9.58 Å². The number of hydrogen-bond donors (Lipinski definition) is 0. The van der Waals surface area contributed by atoms with Crippen LogP contribution in [-0.2, 0) is 13.6 Å². The molecule has 6 heteroatoms. The summed E-state index contributed by atoms with van der Waals surface area (Å²) in [6.45, 7) is 2.01. The van der Waals surface area contributed by atoms with Gasteiger partial charge >= 0.3 is 0 Å². The van der Waals surface area contributed by atoms with Gasteiger partial charge in [-0.2, -0.15) is 5.10 Å². The molecule has 1 fully saturated rings. The number of rotatable bonds is 4. The Bertz CT molecular complexity index is 777. The largest absolute Gasteiger partial charge is 0.355 e. The van der Waals surface area contributed by atoms with Crippen LogP contribution in [0.4, 0.5) is 0 Å².